The second-order valence-electron chi connectivity index (χ2n) is 2.47. The van der Waals surface area contributed by atoms with E-state index >= 15 is 0 Å². The van der Waals surface area contributed by atoms with E-state index in [1.165, 1.54) is 2.88 Å². The van der Waals surface area contributed by atoms with Gasteiger partial charge in [0.05, 0.1) is 7.91 Å². The highest BCUT2D eigenvalue weighted by Gasteiger charge is 2.03. The van der Waals surface area contributed by atoms with Gasteiger partial charge in [-0.1, -0.05) is 11.6 Å². The lowest BCUT2D eigenvalue weighted by atomic mass is 10.2. The standard InChI is InChI=1S/C8H5ClINS/c9-6-1-4(11)2-7-5(6)3-8(10)12-7/h1-3H,11H2. The first-order valence-corrected chi connectivity index (χ1v) is 5.58. The van der Waals surface area contributed by atoms with Crippen molar-refractivity contribution in [1.82, 2.24) is 0 Å². The smallest absolute Gasteiger partial charge is 0.0666 e. The summed E-state index contributed by atoms with van der Waals surface area (Å²) >= 11 is 9.98. The van der Waals surface area contributed by atoms with Crippen LogP contribution < -0.4 is 5.73 Å². The number of fused-ring (bicyclic) bond motifs is 1. The molecule has 0 aliphatic heterocycles. The van der Waals surface area contributed by atoms with Crippen LogP contribution in [0.25, 0.3) is 10.1 Å². The molecule has 2 aromatic rings. The molecule has 4 heteroatoms. The second kappa shape index (κ2) is 3.05. The number of nitrogens with two attached hydrogens (primary N) is 1. The van der Waals surface area contributed by atoms with Gasteiger partial charge in [0, 0.05) is 15.8 Å². The molecule has 0 fully saturated rings. The maximum atomic E-state index is 6.00. The Kier molecular flexibility index (Phi) is 2.18. The minimum atomic E-state index is 0.728. The monoisotopic (exact) mass is 309 g/mol. The molecule has 0 saturated carbocycles. The molecule has 0 bridgehead atoms. The normalized spacial score (nSPS) is 10.8. The Hall–Kier alpha value is -0.000000000000000111. The molecule has 1 aromatic heterocycles. The number of anilines is 1. The van der Waals surface area contributed by atoms with Gasteiger partial charge < -0.3 is 5.73 Å². The predicted octanol–water partition coefficient (Wildman–Crippen LogP) is 3.74. The van der Waals surface area contributed by atoms with Gasteiger partial charge >= 0.3 is 0 Å². The molecule has 12 heavy (non-hydrogen) atoms. The fourth-order valence-corrected chi connectivity index (χ4v) is 3.31. The van der Waals surface area contributed by atoms with Crippen LogP contribution in [0.5, 0.6) is 0 Å². The zero-order valence-corrected chi connectivity index (χ0v) is 9.70. The van der Waals surface area contributed by atoms with Crippen LogP contribution in [0.15, 0.2) is 18.2 Å². The molecule has 2 rings (SSSR count). The van der Waals surface area contributed by atoms with Gasteiger partial charge in [-0.25, -0.2) is 0 Å². The fourth-order valence-electron chi connectivity index (χ4n) is 1.09. The first-order chi connectivity index (χ1) is 5.66. The van der Waals surface area contributed by atoms with Crippen molar-refractivity contribution in [3.8, 4) is 0 Å². The number of nitrogen functional groups attached to an aromatic ring is 1. The summed E-state index contributed by atoms with van der Waals surface area (Å²) in [6.07, 6.45) is 0. The highest BCUT2D eigenvalue weighted by atomic mass is 127. The van der Waals surface area contributed by atoms with Gasteiger partial charge in [-0.3, -0.25) is 0 Å². The van der Waals surface area contributed by atoms with Crippen molar-refractivity contribution in [3.05, 3.63) is 26.1 Å². The van der Waals surface area contributed by atoms with Crippen molar-refractivity contribution in [2.75, 3.05) is 5.73 Å². The number of halogens is 2. The summed E-state index contributed by atoms with van der Waals surface area (Å²) in [6, 6.07) is 5.81. The van der Waals surface area contributed by atoms with Crippen LogP contribution >= 0.6 is 45.5 Å². The summed E-state index contributed by atoms with van der Waals surface area (Å²) in [5.41, 5.74) is 6.38. The average Bonchev–Trinajstić information content (AvgIpc) is 2.29. The fraction of sp³-hybridized carbons (Fsp3) is 0. The lowest BCUT2D eigenvalue weighted by Gasteiger charge is -1.95. The molecule has 1 nitrogen and oxygen atoms in total. The molecular weight excluding hydrogens is 305 g/mol. The molecule has 62 valence electrons. The molecule has 0 atom stereocenters. The molecule has 0 aliphatic rings. The Morgan fingerprint density at radius 1 is 1.33 bits per heavy atom. The number of hydrogen-bond donors (Lipinski definition) is 1. The van der Waals surface area contributed by atoms with E-state index in [2.05, 4.69) is 28.7 Å². The number of hydrogen-bond acceptors (Lipinski definition) is 2. The Balaban J connectivity index is 2.88. The van der Waals surface area contributed by atoms with Gasteiger partial charge in [-0.15, -0.1) is 11.3 Å². The van der Waals surface area contributed by atoms with Crippen molar-refractivity contribution in [1.29, 1.82) is 0 Å². The lowest BCUT2D eigenvalue weighted by molar-refractivity contribution is 1.78. The van der Waals surface area contributed by atoms with Crippen molar-refractivity contribution < 1.29 is 0 Å². The maximum absolute atomic E-state index is 6.00. The minimum Gasteiger partial charge on any atom is -0.399 e. The molecule has 0 amide bonds. The van der Waals surface area contributed by atoms with E-state index in [0.717, 1.165) is 20.8 Å². The van der Waals surface area contributed by atoms with Gasteiger partial charge in [0.1, 0.15) is 0 Å². The van der Waals surface area contributed by atoms with Crippen LogP contribution in [0.4, 0.5) is 5.69 Å². The molecule has 1 heterocycles. The van der Waals surface area contributed by atoms with E-state index in [-0.39, 0.29) is 0 Å². The number of rotatable bonds is 0. The zero-order valence-electron chi connectivity index (χ0n) is 5.97. The predicted molar refractivity (Wildman–Crippen MR) is 64.0 cm³/mol. The van der Waals surface area contributed by atoms with Gasteiger partial charge in [0.25, 0.3) is 0 Å². The average molecular weight is 310 g/mol. The van der Waals surface area contributed by atoms with E-state index in [1.54, 1.807) is 17.4 Å². The van der Waals surface area contributed by atoms with Crippen molar-refractivity contribution in [2.24, 2.45) is 0 Å². The highest BCUT2D eigenvalue weighted by molar-refractivity contribution is 14.1. The summed E-state index contributed by atoms with van der Waals surface area (Å²) in [6.45, 7) is 0. The van der Waals surface area contributed by atoms with Gasteiger partial charge in [0.2, 0.25) is 0 Å². The van der Waals surface area contributed by atoms with Crippen molar-refractivity contribution >= 4 is 61.3 Å². The van der Waals surface area contributed by atoms with Crippen LogP contribution in [-0.4, -0.2) is 0 Å². The Morgan fingerprint density at radius 3 is 2.83 bits per heavy atom. The molecule has 0 unspecified atom stereocenters. The molecule has 2 N–H and O–H groups in total. The largest absolute Gasteiger partial charge is 0.399 e. The summed E-state index contributed by atoms with van der Waals surface area (Å²) < 4.78 is 2.39. The van der Waals surface area contributed by atoms with Crippen LogP contribution in [0.1, 0.15) is 0 Å². The highest BCUT2D eigenvalue weighted by Crippen LogP contribution is 2.33. The van der Waals surface area contributed by atoms with E-state index < -0.39 is 0 Å². The minimum absolute atomic E-state index is 0.728. The SMILES string of the molecule is Nc1cc(Cl)c2cc(I)sc2c1. The van der Waals surface area contributed by atoms with Crippen LogP contribution in [0.3, 0.4) is 0 Å². The quantitative estimate of drug-likeness (QED) is 0.582. The molecule has 0 spiro atoms. The second-order valence-corrected chi connectivity index (χ2v) is 5.85. The number of thiophene rings is 1. The maximum Gasteiger partial charge on any atom is 0.0666 e. The van der Waals surface area contributed by atoms with Crippen molar-refractivity contribution in [3.63, 3.8) is 0 Å². The third-order valence-corrected chi connectivity index (χ3v) is 3.73. The zero-order chi connectivity index (χ0) is 8.72. The summed E-state index contributed by atoms with van der Waals surface area (Å²) in [5, 5.41) is 1.84. The Morgan fingerprint density at radius 2 is 2.08 bits per heavy atom. The van der Waals surface area contributed by atoms with Gasteiger partial charge in [-0.2, -0.15) is 0 Å². The third-order valence-electron chi connectivity index (χ3n) is 1.58. The number of benzene rings is 1. The topological polar surface area (TPSA) is 26.0 Å². The first kappa shape index (κ1) is 8.59. The Labute approximate surface area is 92.7 Å². The van der Waals surface area contributed by atoms with Gasteiger partial charge in [0.15, 0.2) is 0 Å². The third kappa shape index (κ3) is 1.41. The molecule has 0 radical (unpaired) electrons. The van der Waals surface area contributed by atoms with Gasteiger partial charge in [-0.05, 0) is 40.8 Å². The van der Waals surface area contributed by atoms with E-state index in [1.807, 2.05) is 6.07 Å². The molecular formula is C8H5ClINS. The van der Waals surface area contributed by atoms with E-state index in [4.69, 9.17) is 17.3 Å². The van der Waals surface area contributed by atoms with Crippen LogP contribution in [0.2, 0.25) is 5.02 Å². The molecule has 0 aliphatic carbocycles. The van der Waals surface area contributed by atoms with Crippen LogP contribution in [0, 0.1) is 2.88 Å². The summed E-state index contributed by atoms with van der Waals surface area (Å²) in [4.78, 5) is 0. The van der Waals surface area contributed by atoms with E-state index in [9.17, 15) is 0 Å². The lowest BCUT2D eigenvalue weighted by Crippen LogP contribution is -1.82. The molecule has 1 aromatic carbocycles. The van der Waals surface area contributed by atoms with E-state index in [0.29, 0.717) is 0 Å². The van der Waals surface area contributed by atoms with Crippen molar-refractivity contribution in [2.45, 2.75) is 0 Å². The first-order valence-electron chi connectivity index (χ1n) is 3.31. The molecule has 0 saturated heterocycles. The summed E-state index contributed by atoms with van der Waals surface area (Å²) in [7, 11) is 0. The summed E-state index contributed by atoms with van der Waals surface area (Å²) in [5.74, 6) is 0. The van der Waals surface area contributed by atoms with Crippen LogP contribution in [-0.2, 0) is 0 Å². The Bertz CT molecular complexity index is 438.